The maximum atomic E-state index is 10.5. The molecule has 2 unspecified atom stereocenters. The summed E-state index contributed by atoms with van der Waals surface area (Å²) >= 11 is 0. The first-order chi connectivity index (χ1) is 19.3. The van der Waals surface area contributed by atoms with Crippen molar-refractivity contribution in [1.82, 2.24) is 4.90 Å². The van der Waals surface area contributed by atoms with Gasteiger partial charge in [-0.05, 0) is 49.8 Å². The van der Waals surface area contributed by atoms with Crippen molar-refractivity contribution in [2.45, 2.75) is 109 Å². The average molecular weight is 534 g/mol. The van der Waals surface area contributed by atoms with Crippen LogP contribution in [0, 0.1) is 0 Å². The summed E-state index contributed by atoms with van der Waals surface area (Å²) in [5, 5.41) is 10.5. The maximum Gasteiger partial charge on any atom is 0.637 e. The van der Waals surface area contributed by atoms with Gasteiger partial charge >= 0.3 is 7.32 Å². The molecule has 0 spiro atoms. The lowest BCUT2D eigenvalue weighted by Crippen LogP contribution is -2.42. The zero-order chi connectivity index (χ0) is 27.4. The highest BCUT2D eigenvalue weighted by Gasteiger charge is 2.33. The third-order valence-electron chi connectivity index (χ3n) is 7.74. The minimum Gasteiger partial charge on any atom is -0.402 e. The van der Waals surface area contributed by atoms with Gasteiger partial charge in [0.2, 0.25) is 0 Å². The molecule has 1 heterocycles. The molecule has 3 rings (SSSR count). The fraction of sp³-hybridized carbons (Fsp3) is 0.588. The Morgan fingerprint density at radius 1 is 0.667 bits per heavy atom. The number of rotatable bonds is 18. The molecular weight excluding hydrogens is 481 g/mol. The summed E-state index contributed by atoms with van der Waals surface area (Å²) in [7, 11) is -1.24. The first-order valence-electron chi connectivity index (χ1n) is 15.7. The molecule has 214 valence electrons. The van der Waals surface area contributed by atoms with Crippen molar-refractivity contribution in [2.75, 3.05) is 19.6 Å². The number of nitrogens with zero attached hydrogens (tertiary/aromatic N) is 1. The summed E-state index contributed by atoms with van der Waals surface area (Å²) < 4.78 is 12.0. The van der Waals surface area contributed by atoms with Crippen LogP contribution in [0.4, 0.5) is 0 Å². The predicted octanol–water partition coefficient (Wildman–Crippen LogP) is 8.83. The lowest BCUT2D eigenvalue weighted by molar-refractivity contribution is -0.00830. The summed E-state index contributed by atoms with van der Waals surface area (Å²) in [5.41, 5.74) is 2.15. The van der Waals surface area contributed by atoms with E-state index in [1.54, 1.807) is 0 Å². The van der Waals surface area contributed by atoms with Crippen molar-refractivity contribution in [2.24, 2.45) is 0 Å². The fourth-order valence-corrected chi connectivity index (χ4v) is 5.41. The van der Waals surface area contributed by atoms with E-state index in [4.69, 9.17) is 9.31 Å². The van der Waals surface area contributed by atoms with Crippen molar-refractivity contribution in [3.63, 3.8) is 0 Å². The molecule has 0 amide bonds. The van der Waals surface area contributed by atoms with Gasteiger partial charge in [-0.2, -0.15) is 0 Å². The standard InChI is InChI=1S/C34H52BNO3/c1-2-3-4-5-6-7-8-9-10-11-12-13-14-15-16-23-28-36-29-33(31-24-19-17-20-25-31)38-35(37)39-34(30-36)32-26-21-18-22-27-32/h9-10,17-22,24-27,33-34,37H,2-8,11-16,23,28-30H2,1H3. The zero-order valence-electron chi connectivity index (χ0n) is 24.4. The topological polar surface area (TPSA) is 41.9 Å². The second-order valence-electron chi connectivity index (χ2n) is 11.1. The monoisotopic (exact) mass is 533 g/mol. The van der Waals surface area contributed by atoms with Crippen LogP contribution in [0.5, 0.6) is 0 Å². The van der Waals surface area contributed by atoms with E-state index in [0.717, 1.165) is 30.8 Å². The van der Waals surface area contributed by atoms with Crippen LogP contribution in [0.25, 0.3) is 0 Å². The normalized spacial score (nSPS) is 18.9. The Kier molecular flexibility index (Phi) is 16.2. The van der Waals surface area contributed by atoms with Gasteiger partial charge in [0.1, 0.15) is 0 Å². The van der Waals surface area contributed by atoms with E-state index in [2.05, 4.69) is 48.2 Å². The number of hydrogen-bond acceptors (Lipinski definition) is 4. The predicted molar refractivity (Wildman–Crippen MR) is 164 cm³/mol. The summed E-state index contributed by atoms with van der Waals surface area (Å²) in [6.45, 7) is 4.79. The van der Waals surface area contributed by atoms with Gasteiger partial charge < -0.3 is 14.3 Å². The number of allylic oxidation sites excluding steroid dienone is 2. The minimum absolute atomic E-state index is 0.216. The van der Waals surface area contributed by atoms with Crippen LogP contribution < -0.4 is 0 Å². The van der Waals surface area contributed by atoms with Crippen molar-refractivity contribution in [3.8, 4) is 0 Å². The Labute approximate surface area is 239 Å². The van der Waals surface area contributed by atoms with Crippen LogP contribution in [0.3, 0.4) is 0 Å². The molecule has 0 bridgehead atoms. The smallest absolute Gasteiger partial charge is 0.402 e. The largest absolute Gasteiger partial charge is 0.637 e. The molecule has 0 aliphatic carbocycles. The summed E-state index contributed by atoms with van der Waals surface area (Å²) in [4.78, 5) is 2.45. The van der Waals surface area contributed by atoms with Gasteiger partial charge in [-0.3, -0.25) is 4.90 Å². The second-order valence-corrected chi connectivity index (χ2v) is 11.1. The van der Waals surface area contributed by atoms with Gasteiger partial charge in [-0.25, -0.2) is 0 Å². The molecule has 1 saturated heterocycles. The number of benzene rings is 2. The van der Waals surface area contributed by atoms with Gasteiger partial charge in [0.05, 0.1) is 12.2 Å². The van der Waals surface area contributed by atoms with Gasteiger partial charge in [-0.1, -0.05) is 138 Å². The Bertz CT molecular complexity index is 827. The third kappa shape index (κ3) is 13.3. The van der Waals surface area contributed by atoms with E-state index in [1.165, 1.54) is 89.9 Å². The van der Waals surface area contributed by atoms with Crippen molar-refractivity contribution < 1.29 is 14.3 Å². The first-order valence-corrected chi connectivity index (χ1v) is 15.7. The maximum absolute atomic E-state index is 10.5. The van der Waals surface area contributed by atoms with E-state index >= 15 is 0 Å². The van der Waals surface area contributed by atoms with Crippen molar-refractivity contribution in [3.05, 3.63) is 83.9 Å². The highest BCUT2D eigenvalue weighted by Crippen LogP contribution is 2.28. The molecule has 2 aromatic carbocycles. The van der Waals surface area contributed by atoms with Gasteiger partial charge in [0, 0.05) is 13.1 Å². The highest BCUT2D eigenvalue weighted by atomic mass is 16.7. The summed E-state index contributed by atoms with van der Waals surface area (Å²) in [5.74, 6) is 0. The number of hydrogen-bond donors (Lipinski definition) is 1. The molecule has 0 aromatic heterocycles. The zero-order valence-corrected chi connectivity index (χ0v) is 24.4. The molecule has 2 aromatic rings. The summed E-state index contributed by atoms with van der Waals surface area (Å²) in [6, 6.07) is 20.4. The van der Waals surface area contributed by atoms with Crippen LogP contribution in [-0.4, -0.2) is 36.9 Å². The minimum atomic E-state index is -1.24. The molecule has 1 aliphatic heterocycles. The number of unbranched alkanes of at least 4 members (excludes halogenated alkanes) is 12. The molecule has 1 fully saturated rings. The van der Waals surface area contributed by atoms with Crippen LogP contribution in [0.1, 0.15) is 120 Å². The fourth-order valence-electron chi connectivity index (χ4n) is 5.41. The van der Waals surface area contributed by atoms with E-state index < -0.39 is 7.32 Å². The molecular formula is C34H52BNO3. The Morgan fingerprint density at radius 3 is 1.59 bits per heavy atom. The van der Waals surface area contributed by atoms with E-state index in [-0.39, 0.29) is 12.2 Å². The van der Waals surface area contributed by atoms with E-state index in [9.17, 15) is 5.02 Å². The Morgan fingerprint density at radius 2 is 1.10 bits per heavy atom. The van der Waals surface area contributed by atoms with Crippen molar-refractivity contribution in [1.29, 1.82) is 0 Å². The van der Waals surface area contributed by atoms with Crippen LogP contribution in [0.2, 0.25) is 0 Å². The van der Waals surface area contributed by atoms with Gasteiger partial charge in [-0.15, -0.1) is 0 Å². The highest BCUT2D eigenvalue weighted by molar-refractivity contribution is 6.34. The first kappa shape index (κ1) is 31.6. The molecule has 0 saturated carbocycles. The molecule has 0 radical (unpaired) electrons. The molecule has 1 aliphatic rings. The second kappa shape index (κ2) is 20.0. The molecule has 1 N–H and O–H groups in total. The van der Waals surface area contributed by atoms with Crippen LogP contribution in [0.15, 0.2) is 72.8 Å². The van der Waals surface area contributed by atoms with Gasteiger partial charge in [0.25, 0.3) is 0 Å². The van der Waals surface area contributed by atoms with E-state index in [0.29, 0.717) is 0 Å². The summed E-state index contributed by atoms with van der Waals surface area (Å²) in [6.07, 6.45) is 22.8. The quantitative estimate of drug-likeness (QED) is 0.118. The van der Waals surface area contributed by atoms with E-state index in [1.807, 2.05) is 36.4 Å². The lowest BCUT2D eigenvalue weighted by atomic mass is 10.0. The molecule has 4 nitrogen and oxygen atoms in total. The molecule has 5 heteroatoms. The lowest BCUT2D eigenvalue weighted by Gasteiger charge is -2.35. The van der Waals surface area contributed by atoms with Crippen molar-refractivity contribution >= 4 is 7.32 Å². The van der Waals surface area contributed by atoms with Crippen LogP contribution >= 0.6 is 0 Å². The third-order valence-corrected chi connectivity index (χ3v) is 7.74. The molecule has 2 atom stereocenters. The van der Waals surface area contributed by atoms with Gasteiger partial charge in [0.15, 0.2) is 0 Å². The Balaban J connectivity index is 1.34. The average Bonchev–Trinajstić information content (AvgIpc) is 2.96. The Hall–Kier alpha value is -1.92. The molecule has 39 heavy (non-hydrogen) atoms. The van der Waals surface area contributed by atoms with Crippen LogP contribution in [-0.2, 0) is 9.31 Å². The SMILES string of the molecule is CCCCCCCCC=CCCCCCCCCN1CC(c2ccccc2)OB(O)OC(c2ccccc2)C1.